The molecule has 0 heterocycles. The number of alkyl carbamates (subject to hydrolysis) is 1. The number of carbonyl (C=O) groups is 3. The van der Waals surface area contributed by atoms with Crippen LogP contribution in [-0.2, 0) is 19.1 Å². The molecule has 2 atom stereocenters. The minimum atomic E-state index is -1.17. The molecule has 2 aromatic rings. The average molecular weight is 467 g/mol. The highest BCUT2D eigenvalue weighted by Gasteiger charge is 2.30. The summed E-state index contributed by atoms with van der Waals surface area (Å²) >= 11 is 0. The summed E-state index contributed by atoms with van der Waals surface area (Å²) in [7, 11) is 1.45. The lowest BCUT2D eigenvalue weighted by Crippen LogP contribution is -2.52. The number of ether oxygens (including phenoxy) is 2. The van der Waals surface area contributed by atoms with Crippen molar-refractivity contribution in [2.45, 2.75) is 37.3 Å². The Balaban J connectivity index is 1.64. The molecule has 2 aromatic carbocycles. The lowest BCUT2D eigenvalue weighted by Gasteiger charge is -2.21. The van der Waals surface area contributed by atoms with Crippen LogP contribution >= 0.6 is 0 Å². The standard InChI is InChI=1S/C26H30N2O6/c1-3-4-13-22(24(29)27-23(25(30)31)14-15-33-2)28-26(32)34-16-21-19-11-7-5-9-17(19)18-10-6-8-12-20(18)21/h3,5-12,21-23H,1,4,13-16H2,2H3,(H,27,29)(H,28,32)(H,30,31). The molecule has 0 aliphatic heterocycles. The van der Waals surface area contributed by atoms with Crippen LogP contribution in [0.1, 0.15) is 36.3 Å². The van der Waals surface area contributed by atoms with Gasteiger partial charge < -0.3 is 25.2 Å². The van der Waals surface area contributed by atoms with E-state index < -0.39 is 30.1 Å². The van der Waals surface area contributed by atoms with Gasteiger partial charge in [0.05, 0.1) is 0 Å². The third-order valence-corrected chi connectivity index (χ3v) is 5.84. The number of carbonyl (C=O) groups excluding carboxylic acids is 2. The Bertz CT molecular complexity index is 992. The van der Waals surface area contributed by atoms with Crippen LogP contribution in [0.2, 0.25) is 0 Å². The van der Waals surface area contributed by atoms with Gasteiger partial charge in [-0.25, -0.2) is 9.59 Å². The van der Waals surface area contributed by atoms with Crippen LogP contribution in [0.25, 0.3) is 11.1 Å². The van der Waals surface area contributed by atoms with E-state index in [0.29, 0.717) is 6.42 Å². The Morgan fingerprint density at radius 3 is 2.18 bits per heavy atom. The van der Waals surface area contributed by atoms with Gasteiger partial charge in [0.15, 0.2) is 0 Å². The summed E-state index contributed by atoms with van der Waals surface area (Å²) in [5.41, 5.74) is 4.40. The number of rotatable bonds is 12. The first kappa shape index (κ1) is 25.0. The Hall–Kier alpha value is -3.65. The molecule has 0 saturated heterocycles. The molecule has 1 aliphatic rings. The summed E-state index contributed by atoms with van der Waals surface area (Å²) in [6, 6.07) is 13.9. The summed E-state index contributed by atoms with van der Waals surface area (Å²) in [6.45, 7) is 3.93. The predicted octanol–water partition coefficient (Wildman–Crippen LogP) is 3.47. The van der Waals surface area contributed by atoms with Crippen LogP contribution in [0.4, 0.5) is 4.79 Å². The highest BCUT2D eigenvalue weighted by atomic mass is 16.5. The monoisotopic (exact) mass is 466 g/mol. The molecule has 8 nitrogen and oxygen atoms in total. The number of carboxylic acids is 1. The molecular formula is C26H30N2O6. The molecule has 3 rings (SSSR count). The third kappa shape index (κ3) is 6.02. The zero-order chi connectivity index (χ0) is 24.5. The second-order valence-corrected chi connectivity index (χ2v) is 8.07. The number of hydrogen-bond donors (Lipinski definition) is 3. The maximum atomic E-state index is 12.7. The maximum absolute atomic E-state index is 12.7. The number of fused-ring (bicyclic) bond motifs is 3. The summed E-state index contributed by atoms with van der Waals surface area (Å²) in [4.78, 5) is 36.8. The van der Waals surface area contributed by atoms with Gasteiger partial charge in [-0.15, -0.1) is 6.58 Å². The number of amides is 2. The third-order valence-electron chi connectivity index (χ3n) is 5.84. The van der Waals surface area contributed by atoms with Crippen LogP contribution < -0.4 is 10.6 Å². The Morgan fingerprint density at radius 1 is 1.00 bits per heavy atom. The fraction of sp³-hybridized carbons (Fsp3) is 0.346. The van der Waals surface area contributed by atoms with Crippen molar-refractivity contribution in [2.24, 2.45) is 0 Å². The van der Waals surface area contributed by atoms with Crippen molar-refractivity contribution in [1.82, 2.24) is 10.6 Å². The van der Waals surface area contributed by atoms with E-state index in [1.165, 1.54) is 7.11 Å². The van der Waals surface area contributed by atoms with Gasteiger partial charge in [-0.1, -0.05) is 54.6 Å². The first-order valence-corrected chi connectivity index (χ1v) is 11.2. The molecular weight excluding hydrogens is 436 g/mol. The highest BCUT2D eigenvalue weighted by Crippen LogP contribution is 2.44. The van der Waals surface area contributed by atoms with Crippen LogP contribution in [0.3, 0.4) is 0 Å². The predicted molar refractivity (Wildman–Crippen MR) is 127 cm³/mol. The van der Waals surface area contributed by atoms with E-state index >= 15 is 0 Å². The number of nitrogens with one attached hydrogen (secondary N) is 2. The van der Waals surface area contributed by atoms with Gasteiger partial charge in [0.1, 0.15) is 18.7 Å². The fourth-order valence-electron chi connectivity index (χ4n) is 4.10. The zero-order valence-electron chi connectivity index (χ0n) is 19.2. The second kappa shape index (κ2) is 12.0. The minimum absolute atomic E-state index is 0.107. The van der Waals surface area contributed by atoms with E-state index in [1.807, 2.05) is 48.5 Å². The molecule has 0 saturated carbocycles. The highest BCUT2D eigenvalue weighted by molar-refractivity contribution is 5.89. The van der Waals surface area contributed by atoms with Crippen LogP contribution in [-0.4, -0.2) is 55.5 Å². The molecule has 180 valence electrons. The molecule has 0 radical (unpaired) electrons. The van der Waals surface area contributed by atoms with Crippen molar-refractivity contribution in [1.29, 1.82) is 0 Å². The van der Waals surface area contributed by atoms with Gasteiger partial charge in [-0.3, -0.25) is 4.79 Å². The largest absolute Gasteiger partial charge is 0.480 e. The summed E-state index contributed by atoms with van der Waals surface area (Å²) < 4.78 is 10.4. The van der Waals surface area contributed by atoms with Crippen LogP contribution in [0, 0.1) is 0 Å². The number of aliphatic carboxylic acids is 1. The zero-order valence-corrected chi connectivity index (χ0v) is 19.2. The van der Waals surface area contributed by atoms with Gasteiger partial charge in [-0.05, 0) is 35.1 Å². The lowest BCUT2D eigenvalue weighted by atomic mass is 9.98. The first-order valence-electron chi connectivity index (χ1n) is 11.2. The van der Waals surface area contributed by atoms with E-state index in [-0.39, 0.29) is 32.0 Å². The van der Waals surface area contributed by atoms with Gasteiger partial charge in [0.25, 0.3) is 0 Å². The summed E-state index contributed by atoms with van der Waals surface area (Å²) in [6.07, 6.45) is 1.71. The quantitative estimate of drug-likeness (QED) is 0.413. The van der Waals surface area contributed by atoms with E-state index in [2.05, 4.69) is 17.2 Å². The molecule has 2 amide bonds. The molecule has 2 unspecified atom stereocenters. The van der Waals surface area contributed by atoms with E-state index in [0.717, 1.165) is 22.3 Å². The van der Waals surface area contributed by atoms with Gasteiger partial charge in [0, 0.05) is 26.1 Å². The molecule has 8 heteroatoms. The van der Waals surface area contributed by atoms with Crippen LogP contribution in [0.5, 0.6) is 0 Å². The van der Waals surface area contributed by atoms with E-state index in [4.69, 9.17) is 9.47 Å². The molecule has 34 heavy (non-hydrogen) atoms. The number of hydrogen-bond acceptors (Lipinski definition) is 5. The Morgan fingerprint density at radius 2 is 1.62 bits per heavy atom. The van der Waals surface area contributed by atoms with E-state index in [9.17, 15) is 19.5 Å². The molecule has 0 fully saturated rings. The van der Waals surface area contributed by atoms with Gasteiger partial charge in [0.2, 0.25) is 5.91 Å². The molecule has 0 bridgehead atoms. The van der Waals surface area contributed by atoms with Crippen molar-refractivity contribution >= 4 is 18.0 Å². The van der Waals surface area contributed by atoms with Crippen molar-refractivity contribution in [3.63, 3.8) is 0 Å². The van der Waals surface area contributed by atoms with Crippen LogP contribution in [0.15, 0.2) is 61.2 Å². The maximum Gasteiger partial charge on any atom is 0.407 e. The number of carboxylic acid groups (broad SMARTS) is 1. The molecule has 0 spiro atoms. The molecule has 3 N–H and O–H groups in total. The molecule has 0 aromatic heterocycles. The smallest absolute Gasteiger partial charge is 0.407 e. The minimum Gasteiger partial charge on any atom is -0.480 e. The number of methoxy groups -OCH3 is 1. The van der Waals surface area contributed by atoms with Crippen molar-refractivity contribution in [3.05, 3.63) is 72.3 Å². The summed E-state index contributed by atoms with van der Waals surface area (Å²) in [5.74, 6) is -1.88. The van der Waals surface area contributed by atoms with E-state index in [1.54, 1.807) is 6.08 Å². The van der Waals surface area contributed by atoms with Crippen molar-refractivity contribution in [2.75, 3.05) is 20.3 Å². The molecule has 1 aliphatic carbocycles. The topological polar surface area (TPSA) is 114 Å². The van der Waals surface area contributed by atoms with Crippen molar-refractivity contribution in [3.8, 4) is 11.1 Å². The normalized spacial score (nSPS) is 13.8. The summed E-state index contributed by atoms with van der Waals surface area (Å²) in [5, 5.41) is 14.4. The average Bonchev–Trinajstić information content (AvgIpc) is 3.16. The Labute approximate surface area is 199 Å². The number of allylic oxidation sites excluding steroid dienone is 1. The fourth-order valence-corrected chi connectivity index (χ4v) is 4.10. The van der Waals surface area contributed by atoms with Gasteiger partial charge in [-0.2, -0.15) is 0 Å². The first-order chi connectivity index (χ1) is 16.5. The Kier molecular flexibility index (Phi) is 8.81. The number of benzene rings is 2. The lowest BCUT2D eigenvalue weighted by molar-refractivity contribution is -0.142. The van der Waals surface area contributed by atoms with Crippen molar-refractivity contribution < 1.29 is 29.0 Å². The van der Waals surface area contributed by atoms with Gasteiger partial charge >= 0.3 is 12.1 Å². The SMILES string of the molecule is C=CCCC(NC(=O)OCC1c2ccccc2-c2ccccc21)C(=O)NC(CCOC)C(=O)O. The second-order valence-electron chi connectivity index (χ2n) is 8.07.